The van der Waals surface area contributed by atoms with Gasteiger partial charge in [-0.05, 0) is 73.4 Å². The van der Waals surface area contributed by atoms with E-state index in [2.05, 4.69) is 16.0 Å². The van der Waals surface area contributed by atoms with Crippen LogP contribution in [0.15, 0.2) is 48.5 Å². The number of benzene rings is 2. The summed E-state index contributed by atoms with van der Waals surface area (Å²) in [6, 6.07) is 12.6. The van der Waals surface area contributed by atoms with E-state index in [-0.39, 0.29) is 18.2 Å². The zero-order valence-corrected chi connectivity index (χ0v) is 25.5. The van der Waals surface area contributed by atoms with E-state index in [1.54, 1.807) is 18.2 Å². The van der Waals surface area contributed by atoms with E-state index in [4.69, 9.17) is 32.7 Å². The van der Waals surface area contributed by atoms with Gasteiger partial charge < -0.3 is 25.4 Å². The average Bonchev–Trinajstić information content (AvgIpc) is 3.66. The van der Waals surface area contributed by atoms with Crippen molar-refractivity contribution in [2.75, 3.05) is 13.7 Å². The summed E-state index contributed by atoms with van der Waals surface area (Å²) in [4.78, 5) is 51.5. The molecule has 226 valence electrons. The minimum atomic E-state index is -1.04. The van der Waals surface area contributed by atoms with Gasteiger partial charge in [-0.1, -0.05) is 61.3 Å². The van der Waals surface area contributed by atoms with Gasteiger partial charge >= 0.3 is 12.1 Å². The fourth-order valence-electron chi connectivity index (χ4n) is 5.54. The lowest BCUT2D eigenvalue weighted by Crippen LogP contribution is -2.53. The maximum absolute atomic E-state index is 13.5. The number of carbonyl (C=O) groups is 4. The van der Waals surface area contributed by atoms with Crippen LogP contribution in [0, 0.1) is 11.8 Å². The third kappa shape index (κ3) is 7.75. The molecule has 1 aliphatic heterocycles. The molecule has 0 spiro atoms. The molecule has 1 saturated heterocycles. The lowest BCUT2D eigenvalue weighted by Gasteiger charge is -2.29. The van der Waals surface area contributed by atoms with E-state index in [0.29, 0.717) is 29.4 Å². The van der Waals surface area contributed by atoms with Crippen molar-refractivity contribution in [1.29, 1.82) is 0 Å². The molecule has 11 heteroatoms. The van der Waals surface area contributed by atoms with Crippen LogP contribution in [0.25, 0.3) is 0 Å². The summed E-state index contributed by atoms with van der Waals surface area (Å²) in [5.74, 6) is -1.77. The van der Waals surface area contributed by atoms with Crippen molar-refractivity contribution in [2.45, 2.75) is 69.6 Å². The van der Waals surface area contributed by atoms with Crippen molar-refractivity contribution in [3.05, 3.63) is 69.7 Å². The largest absolute Gasteiger partial charge is 0.467 e. The number of nitrogens with one attached hydrogen (secondary N) is 3. The number of alkyl carbamates (subject to hydrolysis) is 1. The van der Waals surface area contributed by atoms with Crippen molar-refractivity contribution in [1.82, 2.24) is 16.0 Å². The molecule has 2 aromatic rings. The van der Waals surface area contributed by atoms with E-state index >= 15 is 0 Å². The first-order chi connectivity index (χ1) is 20.0. The second-order valence-electron chi connectivity index (χ2n) is 11.4. The molecule has 0 aromatic heterocycles. The molecule has 3 amide bonds. The molecule has 2 aliphatic rings. The van der Waals surface area contributed by atoms with Crippen LogP contribution in [0.1, 0.15) is 63.2 Å². The van der Waals surface area contributed by atoms with Gasteiger partial charge in [0.1, 0.15) is 18.2 Å². The number of methoxy groups -OCH3 is 1. The van der Waals surface area contributed by atoms with E-state index in [0.717, 1.165) is 24.0 Å². The molecule has 2 fully saturated rings. The molecule has 0 bridgehead atoms. The van der Waals surface area contributed by atoms with Gasteiger partial charge in [-0.15, -0.1) is 0 Å². The number of ether oxygens (including phenoxy) is 2. The lowest BCUT2D eigenvalue weighted by atomic mass is 9.86. The fourth-order valence-corrected chi connectivity index (χ4v) is 5.86. The monoisotopic (exact) mass is 617 g/mol. The summed E-state index contributed by atoms with van der Waals surface area (Å²) in [5, 5.41) is 9.30. The number of hydrogen-bond acceptors (Lipinski definition) is 6. The van der Waals surface area contributed by atoms with Crippen LogP contribution in [-0.4, -0.2) is 49.6 Å². The molecule has 1 saturated carbocycles. The molecule has 1 unspecified atom stereocenters. The molecular weight excluding hydrogens is 581 g/mol. The number of amides is 3. The summed E-state index contributed by atoms with van der Waals surface area (Å²) < 4.78 is 11.0. The minimum Gasteiger partial charge on any atom is -0.467 e. The normalized spacial score (nSPS) is 19.3. The Morgan fingerprint density at radius 1 is 1.02 bits per heavy atom. The summed E-state index contributed by atoms with van der Waals surface area (Å²) in [6.45, 7) is 4.35. The van der Waals surface area contributed by atoms with E-state index in [9.17, 15) is 19.2 Å². The number of carbonyl (C=O) groups excluding carboxylic acids is 4. The van der Waals surface area contributed by atoms with Crippen molar-refractivity contribution < 1.29 is 28.7 Å². The third-order valence-electron chi connectivity index (χ3n) is 7.89. The Bertz CT molecular complexity index is 1300. The standard InChI is InChI=1S/C31H37Cl2N3O6/c1-18(2)15-24(28(38)35-25(29(39)41-3)16-20-11-14-34-27(20)37)36-30(40)42-26(19-7-9-22(32)10-8-19)31(12-13-31)21-5-4-6-23(33)17-21/h4-10,17-18,20,24-26H,11-16H2,1-3H3,(H,34,37)(H,35,38)(H,36,40)/t20-,24-,25-,26?/m0/s1. The van der Waals surface area contributed by atoms with Crippen LogP contribution in [-0.2, 0) is 29.3 Å². The van der Waals surface area contributed by atoms with Crippen molar-refractivity contribution in [2.24, 2.45) is 11.8 Å². The maximum atomic E-state index is 13.5. The van der Waals surface area contributed by atoms with Crippen molar-refractivity contribution in [3.63, 3.8) is 0 Å². The predicted molar refractivity (Wildman–Crippen MR) is 159 cm³/mol. The van der Waals surface area contributed by atoms with Gasteiger partial charge in [0.15, 0.2) is 0 Å². The Hall–Kier alpha value is -3.30. The Balaban J connectivity index is 1.53. The highest BCUT2D eigenvalue weighted by molar-refractivity contribution is 6.30. The molecule has 42 heavy (non-hydrogen) atoms. The van der Waals surface area contributed by atoms with Crippen LogP contribution in [0.3, 0.4) is 0 Å². The average molecular weight is 619 g/mol. The highest BCUT2D eigenvalue weighted by Crippen LogP contribution is 2.58. The predicted octanol–water partition coefficient (Wildman–Crippen LogP) is 5.09. The molecule has 2 aromatic carbocycles. The molecular formula is C31H37Cl2N3O6. The number of esters is 1. The van der Waals surface area contributed by atoms with Crippen LogP contribution < -0.4 is 16.0 Å². The highest BCUT2D eigenvalue weighted by Gasteiger charge is 2.53. The second-order valence-corrected chi connectivity index (χ2v) is 12.3. The SMILES string of the molecule is COC(=O)[C@H](C[C@@H]1CCNC1=O)NC(=O)[C@H](CC(C)C)NC(=O)OC(c1ccc(Cl)cc1)C1(c2cccc(Cl)c2)CC1. The van der Waals surface area contributed by atoms with Crippen LogP contribution in [0.4, 0.5) is 4.79 Å². The zero-order valence-electron chi connectivity index (χ0n) is 24.0. The Labute approximate surface area is 256 Å². The smallest absolute Gasteiger partial charge is 0.408 e. The van der Waals surface area contributed by atoms with Gasteiger partial charge in [0, 0.05) is 27.9 Å². The Morgan fingerprint density at radius 2 is 1.74 bits per heavy atom. The molecule has 4 rings (SSSR count). The second kappa shape index (κ2) is 13.8. The Kier molecular flexibility index (Phi) is 10.4. The fraction of sp³-hybridized carbons (Fsp3) is 0.484. The van der Waals surface area contributed by atoms with Gasteiger partial charge in [-0.3, -0.25) is 9.59 Å². The molecule has 1 heterocycles. The summed E-state index contributed by atoms with van der Waals surface area (Å²) in [6.07, 6.45) is 1.07. The molecule has 9 nitrogen and oxygen atoms in total. The first kappa shape index (κ1) is 31.6. The molecule has 4 atom stereocenters. The van der Waals surface area contributed by atoms with Crippen LogP contribution in [0.2, 0.25) is 10.0 Å². The van der Waals surface area contributed by atoms with E-state index in [1.165, 1.54) is 7.11 Å². The number of rotatable bonds is 12. The summed E-state index contributed by atoms with van der Waals surface area (Å²) in [7, 11) is 1.22. The van der Waals surface area contributed by atoms with Gasteiger partial charge in [0.05, 0.1) is 7.11 Å². The van der Waals surface area contributed by atoms with Gasteiger partial charge in [0.2, 0.25) is 11.8 Å². The maximum Gasteiger partial charge on any atom is 0.408 e. The van der Waals surface area contributed by atoms with Gasteiger partial charge in [0.25, 0.3) is 0 Å². The molecule has 0 radical (unpaired) electrons. The summed E-state index contributed by atoms with van der Waals surface area (Å²) in [5.41, 5.74) is 1.23. The Morgan fingerprint density at radius 3 is 2.31 bits per heavy atom. The summed E-state index contributed by atoms with van der Waals surface area (Å²) >= 11 is 12.4. The highest BCUT2D eigenvalue weighted by atomic mass is 35.5. The lowest BCUT2D eigenvalue weighted by molar-refractivity contribution is -0.146. The van der Waals surface area contributed by atoms with E-state index < -0.39 is 47.5 Å². The molecule has 3 N–H and O–H groups in total. The number of hydrogen-bond donors (Lipinski definition) is 3. The topological polar surface area (TPSA) is 123 Å². The first-order valence-corrected chi connectivity index (χ1v) is 14.9. The van der Waals surface area contributed by atoms with Gasteiger partial charge in [-0.2, -0.15) is 0 Å². The molecule has 1 aliphatic carbocycles. The van der Waals surface area contributed by atoms with Crippen LogP contribution >= 0.6 is 23.2 Å². The third-order valence-corrected chi connectivity index (χ3v) is 8.38. The van der Waals surface area contributed by atoms with Crippen molar-refractivity contribution in [3.8, 4) is 0 Å². The zero-order chi connectivity index (χ0) is 30.4. The number of halogens is 2. The quantitative estimate of drug-likeness (QED) is 0.285. The van der Waals surface area contributed by atoms with Crippen molar-refractivity contribution >= 4 is 47.1 Å². The van der Waals surface area contributed by atoms with Crippen LogP contribution in [0.5, 0.6) is 0 Å². The van der Waals surface area contributed by atoms with Gasteiger partial charge in [-0.25, -0.2) is 9.59 Å². The van der Waals surface area contributed by atoms with E-state index in [1.807, 2.05) is 44.2 Å². The minimum absolute atomic E-state index is 0.0338. The first-order valence-electron chi connectivity index (χ1n) is 14.2.